The monoisotopic (exact) mass is 309 g/mol. The van der Waals surface area contributed by atoms with Crippen LogP contribution in [0.25, 0.3) is 11.1 Å². The molecule has 2 aromatic heterocycles. The summed E-state index contributed by atoms with van der Waals surface area (Å²) in [6.45, 7) is 2.56. The molecule has 1 unspecified atom stereocenters. The summed E-state index contributed by atoms with van der Waals surface area (Å²) in [5.41, 5.74) is 1.75. The van der Waals surface area contributed by atoms with E-state index >= 15 is 0 Å². The summed E-state index contributed by atoms with van der Waals surface area (Å²) in [5, 5.41) is 11.7. The smallest absolute Gasteiger partial charge is 0.209 e. The molecular formula is C17H19N5O. The highest BCUT2D eigenvalue weighted by molar-refractivity contribution is 5.72. The van der Waals surface area contributed by atoms with Gasteiger partial charge in [0.15, 0.2) is 11.4 Å². The van der Waals surface area contributed by atoms with E-state index in [-0.39, 0.29) is 0 Å². The number of anilines is 1. The fourth-order valence-corrected chi connectivity index (χ4v) is 3.14. The maximum Gasteiger partial charge on any atom is 0.209 e. The highest BCUT2D eigenvalue weighted by atomic mass is 16.3. The zero-order chi connectivity index (χ0) is 15.5. The molecule has 4 rings (SSSR count). The molecule has 1 aliphatic heterocycles. The summed E-state index contributed by atoms with van der Waals surface area (Å²) in [4.78, 5) is 6.81. The van der Waals surface area contributed by atoms with Crippen LogP contribution in [0.5, 0.6) is 0 Å². The highest BCUT2D eigenvalue weighted by Crippen LogP contribution is 2.22. The van der Waals surface area contributed by atoms with E-state index in [1.165, 1.54) is 6.42 Å². The standard InChI is InChI=1S/C17H19N5O/c1-2-7-15-14(6-1)20-17(23-15)12-18-11-13-5-4-10-22(13)16-8-3-9-19-21-16/h1-3,6-9,13,18H,4-5,10-12H2. The van der Waals surface area contributed by atoms with Crippen LogP contribution in [0.15, 0.2) is 47.0 Å². The van der Waals surface area contributed by atoms with Gasteiger partial charge in [-0.15, -0.1) is 5.10 Å². The maximum atomic E-state index is 5.73. The predicted octanol–water partition coefficient (Wildman–Crippen LogP) is 2.38. The molecule has 23 heavy (non-hydrogen) atoms. The largest absolute Gasteiger partial charge is 0.439 e. The average molecular weight is 309 g/mol. The summed E-state index contributed by atoms with van der Waals surface area (Å²) in [6, 6.07) is 12.2. The van der Waals surface area contributed by atoms with E-state index in [1.807, 2.05) is 36.4 Å². The first-order valence-corrected chi connectivity index (χ1v) is 8.00. The molecule has 1 aliphatic rings. The lowest BCUT2D eigenvalue weighted by Crippen LogP contribution is -2.38. The fraction of sp³-hybridized carbons (Fsp3) is 0.353. The van der Waals surface area contributed by atoms with Gasteiger partial charge in [0.05, 0.1) is 6.54 Å². The van der Waals surface area contributed by atoms with E-state index in [9.17, 15) is 0 Å². The molecule has 0 aliphatic carbocycles. The summed E-state index contributed by atoms with van der Waals surface area (Å²) in [5.74, 6) is 1.69. The highest BCUT2D eigenvalue weighted by Gasteiger charge is 2.25. The second kappa shape index (κ2) is 6.34. The maximum absolute atomic E-state index is 5.73. The number of benzene rings is 1. The van der Waals surface area contributed by atoms with Crippen molar-refractivity contribution in [2.75, 3.05) is 18.0 Å². The van der Waals surface area contributed by atoms with Crippen LogP contribution < -0.4 is 10.2 Å². The summed E-state index contributed by atoms with van der Waals surface area (Å²) in [6.07, 6.45) is 4.06. The Balaban J connectivity index is 1.37. The van der Waals surface area contributed by atoms with Gasteiger partial charge in [-0.05, 0) is 37.1 Å². The van der Waals surface area contributed by atoms with Crippen molar-refractivity contribution < 1.29 is 4.42 Å². The van der Waals surface area contributed by atoms with E-state index in [4.69, 9.17) is 4.42 Å². The Morgan fingerprint density at radius 2 is 2.17 bits per heavy atom. The molecule has 3 aromatic rings. The summed E-state index contributed by atoms with van der Waals surface area (Å²) < 4.78 is 5.73. The minimum Gasteiger partial charge on any atom is -0.439 e. The van der Waals surface area contributed by atoms with Crippen molar-refractivity contribution in [3.05, 3.63) is 48.5 Å². The number of fused-ring (bicyclic) bond motifs is 1. The quantitative estimate of drug-likeness (QED) is 0.780. The third kappa shape index (κ3) is 3.03. The van der Waals surface area contributed by atoms with Gasteiger partial charge in [0.25, 0.3) is 0 Å². The van der Waals surface area contributed by atoms with Crippen LogP contribution in [-0.2, 0) is 6.54 Å². The van der Waals surface area contributed by atoms with Gasteiger partial charge < -0.3 is 14.6 Å². The average Bonchev–Trinajstić information content (AvgIpc) is 3.22. The number of oxazole rings is 1. The normalized spacial score (nSPS) is 17.9. The molecule has 0 bridgehead atoms. The molecule has 6 nitrogen and oxygen atoms in total. The minimum atomic E-state index is 0.441. The van der Waals surface area contributed by atoms with E-state index in [1.54, 1.807) is 6.20 Å². The summed E-state index contributed by atoms with van der Waals surface area (Å²) in [7, 11) is 0. The molecule has 0 amide bonds. The molecule has 3 heterocycles. The molecule has 1 aromatic carbocycles. The van der Waals surface area contributed by atoms with Gasteiger partial charge in [0.2, 0.25) is 5.89 Å². The van der Waals surface area contributed by atoms with Crippen LogP contribution in [0, 0.1) is 0 Å². The van der Waals surface area contributed by atoms with Crippen molar-refractivity contribution in [3.8, 4) is 0 Å². The molecule has 118 valence electrons. The number of rotatable bonds is 5. The second-order valence-corrected chi connectivity index (χ2v) is 5.78. The van der Waals surface area contributed by atoms with Crippen molar-refractivity contribution in [2.45, 2.75) is 25.4 Å². The van der Waals surface area contributed by atoms with Crippen LogP contribution in [0.2, 0.25) is 0 Å². The van der Waals surface area contributed by atoms with E-state index in [0.717, 1.165) is 42.3 Å². The van der Waals surface area contributed by atoms with Crippen molar-refractivity contribution in [2.24, 2.45) is 0 Å². The van der Waals surface area contributed by atoms with Gasteiger partial charge in [0, 0.05) is 25.3 Å². The van der Waals surface area contributed by atoms with Gasteiger partial charge in [-0.1, -0.05) is 12.1 Å². The van der Waals surface area contributed by atoms with Crippen LogP contribution in [0.3, 0.4) is 0 Å². The lowest BCUT2D eigenvalue weighted by molar-refractivity contribution is 0.479. The van der Waals surface area contributed by atoms with Gasteiger partial charge in [-0.25, -0.2) is 4.98 Å². The SMILES string of the molecule is c1cnnc(N2CCCC2CNCc2nc3ccccc3o2)c1. The molecule has 1 atom stereocenters. The van der Waals surface area contributed by atoms with E-state index in [2.05, 4.69) is 25.4 Å². The zero-order valence-corrected chi connectivity index (χ0v) is 12.9. The van der Waals surface area contributed by atoms with Gasteiger partial charge >= 0.3 is 0 Å². The first-order chi connectivity index (χ1) is 11.4. The minimum absolute atomic E-state index is 0.441. The molecule has 0 spiro atoms. The van der Waals surface area contributed by atoms with Crippen molar-refractivity contribution in [3.63, 3.8) is 0 Å². The number of aromatic nitrogens is 3. The van der Waals surface area contributed by atoms with Crippen molar-refractivity contribution in [1.82, 2.24) is 20.5 Å². The Bertz CT molecular complexity index is 740. The molecule has 1 N–H and O–H groups in total. The third-order valence-corrected chi connectivity index (χ3v) is 4.22. The molecule has 0 saturated carbocycles. The van der Waals surface area contributed by atoms with Crippen molar-refractivity contribution in [1.29, 1.82) is 0 Å². The van der Waals surface area contributed by atoms with Gasteiger partial charge in [0.1, 0.15) is 5.52 Å². The molecule has 0 radical (unpaired) electrons. The molecule has 1 fully saturated rings. The molecule has 6 heteroatoms. The number of nitrogens with zero attached hydrogens (tertiary/aromatic N) is 4. The number of hydrogen-bond acceptors (Lipinski definition) is 6. The lowest BCUT2D eigenvalue weighted by atomic mass is 10.2. The second-order valence-electron chi connectivity index (χ2n) is 5.78. The van der Waals surface area contributed by atoms with E-state index < -0.39 is 0 Å². The zero-order valence-electron chi connectivity index (χ0n) is 12.9. The lowest BCUT2D eigenvalue weighted by Gasteiger charge is -2.25. The number of para-hydroxylation sites is 2. The number of nitrogens with one attached hydrogen (secondary N) is 1. The van der Waals surface area contributed by atoms with Crippen LogP contribution in [-0.4, -0.2) is 34.3 Å². The molecular weight excluding hydrogens is 290 g/mol. The van der Waals surface area contributed by atoms with Crippen LogP contribution >= 0.6 is 0 Å². The van der Waals surface area contributed by atoms with E-state index in [0.29, 0.717) is 12.6 Å². The third-order valence-electron chi connectivity index (χ3n) is 4.22. The Kier molecular flexibility index (Phi) is 3.90. The Labute approximate surface area is 134 Å². The Morgan fingerprint density at radius 1 is 1.22 bits per heavy atom. The van der Waals surface area contributed by atoms with Crippen LogP contribution in [0.4, 0.5) is 5.82 Å². The first kappa shape index (κ1) is 14.1. The van der Waals surface area contributed by atoms with Gasteiger partial charge in [-0.3, -0.25) is 0 Å². The summed E-state index contributed by atoms with van der Waals surface area (Å²) >= 11 is 0. The Morgan fingerprint density at radius 3 is 3.04 bits per heavy atom. The predicted molar refractivity (Wildman–Crippen MR) is 88.1 cm³/mol. The van der Waals surface area contributed by atoms with Crippen molar-refractivity contribution >= 4 is 16.9 Å². The number of hydrogen-bond donors (Lipinski definition) is 1. The van der Waals surface area contributed by atoms with Crippen LogP contribution in [0.1, 0.15) is 18.7 Å². The molecule has 1 saturated heterocycles. The Hall–Kier alpha value is -2.47. The fourth-order valence-electron chi connectivity index (χ4n) is 3.14. The first-order valence-electron chi connectivity index (χ1n) is 8.00. The van der Waals surface area contributed by atoms with Gasteiger partial charge in [-0.2, -0.15) is 5.10 Å². The topological polar surface area (TPSA) is 67.1 Å².